The minimum absolute atomic E-state index is 0.00309. The molecule has 9 rings (SSSR count). The molecule has 0 fully saturated rings. The minimum atomic E-state index is -3.40. The summed E-state index contributed by atoms with van der Waals surface area (Å²) in [7, 11) is -3.40. The summed E-state index contributed by atoms with van der Waals surface area (Å²) in [6, 6.07) is 54.2. The topological polar surface area (TPSA) is 47.3 Å². The van der Waals surface area contributed by atoms with E-state index in [0.717, 1.165) is 88.7 Å². The molecule has 0 saturated heterocycles. The van der Waals surface area contributed by atoms with Gasteiger partial charge in [0.1, 0.15) is 11.2 Å². The smallest absolute Gasteiger partial charge is 0.158 e. The highest BCUT2D eigenvalue weighted by Crippen LogP contribution is 2.42. The van der Waals surface area contributed by atoms with E-state index < -0.39 is 9.84 Å². The molecular weight excluding hydrogens is 609 g/mol. The van der Waals surface area contributed by atoms with Gasteiger partial charge in [-0.2, -0.15) is 0 Å². The van der Waals surface area contributed by atoms with Crippen LogP contribution in [0.4, 0.5) is 0 Å². The molecule has 1 aromatic heterocycles. The van der Waals surface area contributed by atoms with E-state index in [1.54, 1.807) is 0 Å². The highest BCUT2D eigenvalue weighted by molar-refractivity contribution is 7.89. The molecule has 48 heavy (non-hydrogen) atoms. The maximum atomic E-state index is 13.5. The molecular formula is C44H30O3S. The highest BCUT2D eigenvalue weighted by atomic mass is 32.2. The summed E-state index contributed by atoms with van der Waals surface area (Å²) in [6.07, 6.45) is 0. The van der Waals surface area contributed by atoms with Crippen LogP contribution in [0.5, 0.6) is 0 Å². The summed E-state index contributed by atoms with van der Waals surface area (Å²) in [5, 5.41) is 2.15. The SMILES string of the molecule is O=S1(=O)Cc2cc(-c3cc(-c4ccccc4)cc(-c4ccccc4)c3)ccc2-c2cc(-c3cccc4c3oc3ccccc34)ccc2C1. The second-order valence-corrected chi connectivity index (χ2v) is 14.7. The monoisotopic (exact) mass is 638 g/mol. The number of benzene rings is 7. The molecule has 0 saturated carbocycles. The quantitative estimate of drug-likeness (QED) is 0.193. The lowest BCUT2D eigenvalue weighted by molar-refractivity contribution is 0.595. The lowest BCUT2D eigenvalue weighted by Gasteiger charge is -2.15. The molecule has 3 nitrogen and oxygen atoms in total. The Kier molecular flexibility index (Phi) is 6.66. The third-order valence-corrected chi connectivity index (χ3v) is 11.0. The first-order valence-electron chi connectivity index (χ1n) is 16.1. The van der Waals surface area contributed by atoms with Crippen LogP contribution in [-0.4, -0.2) is 8.42 Å². The molecule has 0 unspecified atom stereocenters. The van der Waals surface area contributed by atoms with E-state index in [1.165, 1.54) is 0 Å². The molecule has 8 aromatic rings. The Bertz CT molecular complexity index is 2560. The van der Waals surface area contributed by atoms with E-state index in [1.807, 2.05) is 42.5 Å². The molecule has 0 aliphatic carbocycles. The molecule has 230 valence electrons. The molecule has 0 radical (unpaired) electrons. The van der Waals surface area contributed by atoms with Gasteiger partial charge >= 0.3 is 0 Å². The van der Waals surface area contributed by atoms with Crippen LogP contribution in [0, 0.1) is 0 Å². The Labute approximate surface area is 279 Å². The molecule has 0 spiro atoms. The Morgan fingerprint density at radius 1 is 0.396 bits per heavy atom. The van der Waals surface area contributed by atoms with Gasteiger partial charge in [0.05, 0.1) is 11.5 Å². The maximum absolute atomic E-state index is 13.5. The third kappa shape index (κ3) is 5.02. The average molecular weight is 639 g/mol. The minimum Gasteiger partial charge on any atom is -0.455 e. The molecule has 0 amide bonds. The Hall–Kier alpha value is -5.71. The molecule has 1 aliphatic heterocycles. The van der Waals surface area contributed by atoms with E-state index in [4.69, 9.17) is 4.42 Å². The molecule has 0 bridgehead atoms. The lowest BCUT2D eigenvalue weighted by Crippen LogP contribution is -2.05. The van der Waals surface area contributed by atoms with Crippen molar-refractivity contribution >= 4 is 31.8 Å². The van der Waals surface area contributed by atoms with Crippen molar-refractivity contribution in [1.82, 2.24) is 0 Å². The number of sulfone groups is 1. The molecule has 0 atom stereocenters. The van der Waals surface area contributed by atoms with E-state index in [-0.39, 0.29) is 11.5 Å². The summed E-state index contributed by atoms with van der Waals surface area (Å²) in [5.74, 6) is -0.00757. The number of rotatable bonds is 4. The van der Waals surface area contributed by atoms with Crippen molar-refractivity contribution in [1.29, 1.82) is 0 Å². The third-order valence-electron chi connectivity index (χ3n) is 9.45. The second-order valence-electron chi connectivity index (χ2n) is 12.6. The fourth-order valence-corrected chi connectivity index (χ4v) is 8.70. The van der Waals surface area contributed by atoms with Crippen LogP contribution in [0.25, 0.3) is 77.6 Å². The molecule has 4 heteroatoms. The van der Waals surface area contributed by atoms with Crippen molar-refractivity contribution < 1.29 is 12.8 Å². The van der Waals surface area contributed by atoms with Gasteiger partial charge in [0.2, 0.25) is 0 Å². The fourth-order valence-electron chi connectivity index (χ4n) is 7.16. The zero-order valence-corrected chi connectivity index (χ0v) is 26.9. The van der Waals surface area contributed by atoms with Crippen LogP contribution in [0.15, 0.2) is 162 Å². The highest BCUT2D eigenvalue weighted by Gasteiger charge is 2.25. The first-order valence-corrected chi connectivity index (χ1v) is 17.9. The van der Waals surface area contributed by atoms with Crippen LogP contribution in [0.1, 0.15) is 11.1 Å². The van der Waals surface area contributed by atoms with Gasteiger partial charge in [-0.1, -0.05) is 121 Å². The number of para-hydroxylation sites is 2. The largest absolute Gasteiger partial charge is 0.455 e. The van der Waals surface area contributed by atoms with E-state index >= 15 is 0 Å². The van der Waals surface area contributed by atoms with Crippen LogP contribution in [-0.2, 0) is 21.3 Å². The van der Waals surface area contributed by atoms with Gasteiger partial charge in [0.15, 0.2) is 9.84 Å². The van der Waals surface area contributed by atoms with Crippen molar-refractivity contribution in [3.8, 4) is 55.6 Å². The summed E-state index contributed by atoms with van der Waals surface area (Å²) in [6.45, 7) is 0. The van der Waals surface area contributed by atoms with Crippen molar-refractivity contribution in [2.75, 3.05) is 0 Å². The molecule has 2 heterocycles. The number of hydrogen-bond acceptors (Lipinski definition) is 3. The van der Waals surface area contributed by atoms with Crippen molar-refractivity contribution in [3.63, 3.8) is 0 Å². The Balaban J connectivity index is 1.20. The van der Waals surface area contributed by atoms with Gasteiger partial charge in [-0.05, 0) is 97.6 Å². The van der Waals surface area contributed by atoms with E-state index in [9.17, 15) is 8.42 Å². The van der Waals surface area contributed by atoms with E-state index in [0.29, 0.717) is 0 Å². The standard InChI is InChI=1S/C44H30O3S/c45-48(46)27-33-19-18-32(39-15-9-16-41-40-14-7-8-17-43(40)47-44(39)41)26-42(33)38-21-20-31(22-37(38)28-48)36-24-34(29-10-3-1-4-11-29)23-35(25-36)30-12-5-2-6-13-30/h1-26H,27-28H2. The average Bonchev–Trinajstić information content (AvgIpc) is 3.46. The number of fused-ring (bicyclic) bond motifs is 6. The van der Waals surface area contributed by atoms with Gasteiger partial charge in [-0.15, -0.1) is 0 Å². The van der Waals surface area contributed by atoms with Crippen molar-refractivity contribution in [3.05, 3.63) is 169 Å². The summed E-state index contributed by atoms with van der Waals surface area (Å²) < 4.78 is 33.4. The van der Waals surface area contributed by atoms with Gasteiger partial charge in [0, 0.05) is 16.3 Å². The first-order chi connectivity index (χ1) is 23.5. The normalized spacial score (nSPS) is 13.6. The summed E-state index contributed by atoms with van der Waals surface area (Å²) in [4.78, 5) is 0. The molecule has 7 aromatic carbocycles. The van der Waals surface area contributed by atoms with Gasteiger partial charge in [-0.25, -0.2) is 8.42 Å². The zero-order chi connectivity index (χ0) is 32.2. The fraction of sp³-hybridized carbons (Fsp3) is 0.0455. The van der Waals surface area contributed by atoms with Crippen molar-refractivity contribution in [2.24, 2.45) is 0 Å². The number of furan rings is 1. The number of hydrogen-bond donors (Lipinski definition) is 0. The zero-order valence-electron chi connectivity index (χ0n) is 26.1. The molecule has 1 aliphatic rings. The first kappa shape index (κ1) is 28.5. The molecule has 0 N–H and O–H groups in total. The van der Waals surface area contributed by atoms with Crippen LogP contribution in [0.3, 0.4) is 0 Å². The van der Waals surface area contributed by atoms with Gasteiger partial charge in [0.25, 0.3) is 0 Å². The maximum Gasteiger partial charge on any atom is 0.158 e. The summed E-state index contributed by atoms with van der Waals surface area (Å²) in [5.41, 5.74) is 13.7. The second kappa shape index (κ2) is 11.2. The Morgan fingerprint density at radius 3 is 1.73 bits per heavy atom. The summed E-state index contributed by atoms with van der Waals surface area (Å²) >= 11 is 0. The predicted octanol–water partition coefficient (Wildman–Crippen LogP) is 11.3. The lowest BCUT2D eigenvalue weighted by atomic mass is 9.89. The van der Waals surface area contributed by atoms with Crippen LogP contribution < -0.4 is 0 Å². The van der Waals surface area contributed by atoms with Crippen molar-refractivity contribution in [2.45, 2.75) is 11.5 Å². The van der Waals surface area contributed by atoms with Gasteiger partial charge < -0.3 is 4.42 Å². The van der Waals surface area contributed by atoms with Crippen LogP contribution in [0.2, 0.25) is 0 Å². The van der Waals surface area contributed by atoms with Crippen LogP contribution >= 0.6 is 0 Å². The Morgan fingerprint density at radius 2 is 1.00 bits per heavy atom. The van der Waals surface area contributed by atoms with Gasteiger partial charge in [-0.3, -0.25) is 0 Å². The van der Waals surface area contributed by atoms with E-state index in [2.05, 4.69) is 115 Å². The predicted molar refractivity (Wildman–Crippen MR) is 197 cm³/mol.